The third-order valence-electron chi connectivity index (χ3n) is 5.34. The van der Waals surface area contributed by atoms with E-state index in [1.807, 2.05) is 31.2 Å². The summed E-state index contributed by atoms with van der Waals surface area (Å²) in [6.45, 7) is 4.32. The number of anilines is 2. The van der Waals surface area contributed by atoms with Gasteiger partial charge in [0, 0.05) is 18.8 Å². The van der Waals surface area contributed by atoms with Crippen LogP contribution in [0.5, 0.6) is 5.75 Å². The predicted molar refractivity (Wildman–Crippen MR) is 133 cm³/mol. The van der Waals surface area contributed by atoms with Crippen LogP contribution in [-0.2, 0) is 17.8 Å². The van der Waals surface area contributed by atoms with Crippen LogP contribution < -0.4 is 15.0 Å². The average molecular weight is 478 g/mol. The van der Waals surface area contributed by atoms with E-state index < -0.39 is 0 Å². The Kier molecular flexibility index (Phi) is 6.41. The first-order valence-corrected chi connectivity index (χ1v) is 12.6. The van der Waals surface area contributed by atoms with Gasteiger partial charge in [0.05, 0.1) is 12.4 Å². The lowest BCUT2D eigenvalue weighted by molar-refractivity contribution is -0.113. The lowest BCUT2D eigenvalue weighted by Crippen LogP contribution is -2.30. The van der Waals surface area contributed by atoms with Crippen molar-refractivity contribution in [1.29, 1.82) is 0 Å². The third-order valence-corrected chi connectivity index (χ3v) is 7.57. The maximum atomic E-state index is 12.5. The molecule has 0 saturated heterocycles. The molecule has 0 spiro atoms. The number of nitrogens with one attached hydrogen (secondary N) is 1. The third kappa shape index (κ3) is 4.94. The largest absolute Gasteiger partial charge is 0.494 e. The zero-order valence-electron chi connectivity index (χ0n) is 18.2. The molecule has 2 aromatic carbocycles. The normalized spacial score (nSPS) is 13.1. The zero-order valence-corrected chi connectivity index (χ0v) is 19.8. The van der Waals surface area contributed by atoms with Gasteiger partial charge in [0.15, 0.2) is 10.8 Å². The molecule has 1 aliphatic heterocycles. The van der Waals surface area contributed by atoms with Crippen LogP contribution in [0.2, 0.25) is 0 Å². The van der Waals surface area contributed by atoms with Gasteiger partial charge in [-0.05, 0) is 48.7 Å². The highest BCUT2D eigenvalue weighted by Crippen LogP contribution is 2.35. The molecule has 0 bridgehead atoms. The van der Waals surface area contributed by atoms with Gasteiger partial charge in [0.2, 0.25) is 5.91 Å². The minimum Gasteiger partial charge on any atom is -0.494 e. The van der Waals surface area contributed by atoms with Gasteiger partial charge in [-0.2, -0.15) is 4.98 Å². The number of hydrogen-bond acceptors (Lipinski definition) is 8. The molecule has 2 aromatic heterocycles. The van der Waals surface area contributed by atoms with E-state index in [0.29, 0.717) is 12.3 Å². The minimum atomic E-state index is -0.0895. The first-order chi connectivity index (χ1) is 16.2. The van der Waals surface area contributed by atoms with Gasteiger partial charge in [-0.3, -0.25) is 4.79 Å². The summed E-state index contributed by atoms with van der Waals surface area (Å²) in [5.74, 6) is 0.948. The summed E-state index contributed by atoms with van der Waals surface area (Å²) in [4.78, 5) is 28.3. The maximum Gasteiger partial charge on any atom is 0.234 e. The molecule has 168 valence electrons. The molecular weight excluding hydrogens is 454 g/mol. The Morgan fingerprint density at radius 2 is 1.97 bits per heavy atom. The zero-order chi connectivity index (χ0) is 22.6. The quantitative estimate of drug-likeness (QED) is 0.303. The van der Waals surface area contributed by atoms with E-state index in [1.165, 1.54) is 29.2 Å². The van der Waals surface area contributed by atoms with Crippen molar-refractivity contribution >= 4 is 50.2 Å². The number of ether oxygens (including phenoxy) is 1. The van der Waals surface area contributed by atoms with Crippen LogP contribution in [-0.4, -0.2) is 39.8 Å². The number of aromatic nitrogens is 3. The van der Waals surface area contributed by atoms with Crippen molar-refractivity contribution in [2.24, 2.45) is 0 Å². The van der Waals surface area contributed by atoms with Crippen molar-refractivity contribution in [2.75, 3.05) is 29.1 Å². The molecule has 4 aromatic rings. The smallest absolute Gasteiger partial charge is 0.234 e. The Morgan fingerprint density at radius 3 is 2.79 bits per heavy atom. The van der Waals surface area contributed by atoms with Crippen molar-refractivity contribution < 1.29 is 9.53 Å². The molecule has 0 aliphatic carbocycles. The van der Waals surface area contributed by atoms with E-state index in [2.05, 4.69) is 44.5 Å². The average Bonchev–Trinajstić information content (AvgIpc) is 3.29. The molecule has 7 nitrogen and oxygen atoms in total. The minimum absolute atomic E-state index is 0.0895. The molecule has 1 amide bonds. The number of hydrogen-bond donors (Lipinski definition) is 1. The highest BCUT2D eigenvalue weighted by atomic mass is 32.2. The summed E-state index contributed by atoms with van der Waals surface area (Å²) in [7, 11) is 0. The van der Waals surface area contributed by atoms with Crippen LogP contribution in [0.4, 0.5) is 10.8 Å². The fraction of sp³-hybridized carbons (Fsp3) is 0.250. The fourth-order valence-electron chi connectivity index (χ4n) is 3.75. The Morgan fingerprint density at radius 1 is 1.15 bits per heavy atom. The topological polar surface area (TPSA) is 80.2 Å². The van der Waals surface area contributed by atoms with Crippen LogP contribution in [0.1, 0.15) is 18.1 Å². The SMILES string of the molecule is CCOc1ccc(NC(=O)CSc2ncnc3nc(N4CCc5ccccc5C4)sc23)cc1. The summed E-state index contributed by atoms with van der Waals surface area (Å²) in [6, 6.07) is 15.9. The molecule has 5 rings (SSSR count). The second-order valence-electron chi connectivity index (χ2n) is 7.56. The maximum absolute atomic E-state index is 12.5. The molecule has 0 unspecified atom stereocenters. The van der Waals surface area contributed by atoms with Crippen LogP contribution in [0.15, 0.2) is 59.9 Å². The van der Waals surface area contributed by atoms with E-state index >= 15 is 0 Å². The van der Waals surface area contributed by atoms with E-state index in [-0.39, 0.29) is 11.7 Å². The van der Waals surface area contributed by atoms with Crippen LogP contribution in [0.25, 0.3) is 10.3 Å². The highest BCUT2D eigenvalue weighted by Gasteiger charge is 2.21. The molecule has 0 fully saturated rings. The fourth-order valence-corrected chi connectivity index (χ4v) is 5.67. The standard InChI is InChI=1S/C24H23N5O2S2/c1-2-31-19-9-7-18(8-10-19)27-20(30)14-32-23-21-22(25-15-26-23)28-24(33-21)29-12-11-16-5-3-4-6-17(16)13-29/h3-10,15H,2,11-14H2,1H3,(H,27,30). The first-order valence-electron chi connectivity index (χ1n) is 10.8. The number of benzene rings is 2. The van der Waals surface area contributed by atoms with Crippen molar-refractivity contribution in [3.8, 4) is 5.75 Å². The summed E-state index contributed by atoms with van der Waals surface area (Å²) in [5, 5.41) is 4.64. The van der Waals surface area contributed by atoms with Crippen molar-refractivity contribution in [1.82, 2.24) is 15.0 Å². The number of thioether (sulfide) groups is 1. The number of carbonyl (C=O) groups is 1. The Labute approximate surface area is 200 Å². The Hall–Kier alpha value is -3.17. The van der Waals surface area contributed by atoms with Crippen molar-refractivity contribution in [3.63, 3.8) is 0 Å². The van der Waals surface area contributed by atoms with Crippen LogP contribution in [0, 0.1) is 0 Å². The number of amides is 1. The molecule has 0 radical (unpaired) electrons. The number of thiazole rings is 1. The van der Waals surface area contributed by atoms with E-state index in [0.717, 1.165) is 45.8 Å². The Bertz CT molecular complexity index is 1280. The summed E-state index contributed by atoms with van der Waals surface area (Å²) < 4.78 is 6.36. The second-order valence-corrected chi connectivity index (χ2v) is 9.50. The first kappa shape index (κ1) is 21.7. The van der Waals surface area contributed by atoms with Gasteiger partial charge in [-0.25, -0.2) is 9.97 Å². The second kappa shape index (κ2) is 9.76. The van der Waals surface area contributed by atoms with Crippen LogP contribution in [0.3, 0.4) is 0 Å². The molecule has 1 aliphatic rings. The number of carbonyl (C=O) groups excluding carboxylic acids is 1. The van der Waals surface area contributed by atoms with Crippen molar-refractivity contribution in [2.45, 2.75) is 24.9 Å². The lowest BCUT2D eigenvalue weighted by Gasteiger charge is -2.28. The van der Waals surface area contributed by atoms with Gasteiger partial charge in [0.1, 0.15) is 21.8 Å². The summed E-state index contributed by atoms with van der Waals surface area (Å²) >= 11 is 2.99. The van der Waals surface area contributed by atoms with Crippen LogP contribution >= 0.6 is 23.1 Å². The summed E-state index contributed by atoms with van der Waals surface area (Å²) in [5.41, 5.74) is 4.17. The van der Waals surface area contributed by atoms with E-state index in [1.54, 1.807) is 11.3 Å². The predicted octanol–water partition coefficient (Wildman–Crippen LogP) is 4.78. The molecule has 0 saturated carbocycles. The van der Waals surface area contributed by atoms with Gasteiger partial charge < -0.3 is 15.0 Å². The molecular formula is C24H23N5O2S2. The Balaban J connectivity index is 1.25. The monoisotopic (exact) mass is 477 g/mol. The van der Waals surface area contributed by atoms with Gasteiger partial charge in [0.25, 0.3) is 0 Å². The van der Waals surface area contributed by atoms with Gasteiger partial charge >= 0.3 is 0 Å². The van der Waals surface area contributed by atoms with E-state index in [4.69, 9.17) is 9.72 Å². The van der Waals surface area contributed by atoms with Gasteiger partial charge in [-0.1, -0.05) is 47.4 Å². The summed E-state index contributed by atoms with van der Waals surface area (Å²) in [6.07, 6.45) is 2.52. The molecule has 9 heteroatoms. The number of nitrogens with zero attached hydrogens (tertiary/aromatic N) is 4. The lowest BCUT2D eigenvalue weighted by atomic mass is 10.0. The highest BCUT2D eigenvalue weighted by molar-refractivity contribution is 8.00. The molecule has 33 heavy (non-hydrogen) atoms. The van der Waals surface area contributed by atoms with Crippen molar-refractivity contribution in [3.05, 3.63) is 66.0 Å². The molecule has 1 N–H and O–H groups in total. The number of rotatable bonds is 7. The molecule has 3 heterocycles. The molecule has 0 atom stereocenters. The number of fused-ring (bicyclic) bond motifs is 2. The van der Waals surface area contributed by atoms with Gasteiger partial charge in [-0.15, -0.1) is 0 Å². The van der Waals surface area contributed by atoms with E-state index in [9.17, 15) is 4.79 Å².